The maximum Gasteiger partial charge on any atom is 0.141 e. The van der Waals surface area contributed by atoms with Gasteiger partial charge in [0.1, 0.15) is 11.4 Å². The Hall–Kier alpha value is -0.960. The first-order valence-electron chi connectivity index (χ1n) is 6.75. The van der Waals surface area contributed by atoms with Crippen molar-refractivity contribution in [2.75, 3.05) is 0 Å². The van der Waals surface area contributed by atoms with Crippen LogP contribution in [0.5, 0.6) is 0 Å². The number of aliphatic hydroxyl groups is 1. The lowest BCUT2D eigenvalue weighted by Gasteiger charge is -2.40. The minimum absolute atomic E-state index is 0.210. The molecule has 100 valence electrons. The fourth-order valence-corrected chi connectivity index (χ4v) is 2.94. The van der Waals surface area contributed by atoms with E-state index in [1.54, 1.807) is 13.0 Å². The van der Waals surface area contributed by atoms with Crippen LogP contribution >= 0.6 is 0 Å². The topological polar surface area (TPSA) is 33.1 Å². The van der Waals surface area contributed by atoms with E-state index in [2.05, 4.69) is 18.8 Å². The zero-order valence-corrected chi connectivity index (χ0v) is 11.4. The Bertz CT molecular complexity index is 401. The van der Waals surface area contributed by atoms with Gasteiger partial charge in [-0.05, 0) is 49.7 Å². The second kappa shape index (κ2) is 4.96. The normalized spacial score (nSPS) is 31.9. The van der Waals surface area contributed by atoms with Gasteiger partial charge in [-0.2, -0.15) is 0 Å². The molecule has 0 aromatic carbocycles. The van der Waals surface area contributed by atoms with Crippen molar-refractivity contribution in [3.05, 3.63) is 29.8 Å². The Morgan fingerprint density at radius 3 is 2.56 bits per heavy atom. The lowest BCUT2D eigenvalue weighted by molar-refractivity contribution is -0.0404. The van der Waals surface area contributed by atoms with Gasteiger partial charge in [0.2, 0.25) is 0 Å². The van der Waals surface area contributed by atoms with E-state index in [1.807, 2.05) is 0 Å². The van der Waals surface area contributed by atoms with Crippen LogP contribution in [0.25, 0.3) is 0 Å². The standard InChI is InChI=1S/C15H22FNO/c1-10-4-5-12(8-11(10)2)15(3,18)14-7-6-13(16)9-17-14/h6-7,9-12,18H,4-5,8H2,1-3H3. The fourth-order valence-electron chi connectivity index (χ4n) is 2.94. The third-order valence-electron chi connectivity index (χ3n) is 4.64. The molecule has 18 heavy (non-hydrogen) atoms. The highest BCUT2D eigenvalue weighted by Crippen LogP contribution is 2.42. The minimum atomic E-state index is -0.956. The first kappa shape index (κ1) is 13.5. The smallest absolute Gasteiger partial charge is 0.141 e. The average Bonchev–Trinajstić information content (AvgIpc) is 2.33. The van der Waals surface area contributed by atoms with Gasteiger partial charge in [-0.25, -0.2) is 4.39 Å². The molecule has 1 saturated carbocycles. The van der Waals surface area contributed by atoms with Gasteiger partial charge in [0, 0.05) is 0 Å². The molecule has 1 fully saturated rings. The van der Waals surface area contributed by atoms with Crippen LogP contribution in [0.1, 0.15) is 45.7 Å². The molecule has 2 nitrogen and oxygen atoms in total. The van der Waals surface area contributed by atoms with Crippen molar-refractivity contribution in [3.63, 3.8) is 0 Å². The summed E-state index contributed by atoms with van der Waals surface area (Å²) in [6.07, 6.45) is 4.34. The Kier molecular flexibility index (Phi) is 3.71. The van der Waals surface area contributed by atoms with Crippen LogP contribution in [-0.4, -0.2) is 10.1 Å². The Balaban J connectivity index is 2.17. The van der Waals surface area contributed by atoms with Gasteiger partial charge in [-0.3, -0.25) is 4.98 Å². The first-order chi connectivity index (χ1) is 8.41. The predicted octanol–water partition coefficient (Wildman–Crippen LogP) is 3.50. The van der Waals surface area contributed by atoms with E-state index in [0.29, 0.717) is 11.6 Å². The van der Waals surface area contributed by atoms with E-state index in [4.69, 9.17) is 0 Å². The molecule has 1 aliphatic carbocycles. The van der Waals surface area contributed by atoms with Crippen molar-refractivity contribution in [3.8, 4) is 0 Å². The van der Waals surface area contributed by atoms with Crippen molar-refractivity contribution in [1.29, 1.82) is 0 Å². The number of rotatable bonds is 2. The molecule has 3 heteroatoms. The van der Waals surface area contributed by atoms with Gasteiger partial charge >= 0.3 is 0 Å². The van der Waals surface area contributed by atoms with Gasteiger partial charge in [0.15, 0.2) is 0 Å². The predicted molar refractivity (Wildman–Crippen MR) is 69.4 cm³/mol. The molecule has 0 aliphatic heterocycles. The average molecular weight is 251 g/mol. The summed E-state index contributed by atoms with van der Waals surface area (Å²) in [7, 11) is 0. The summed E-state index contributed by atoms with van der Waals surface area (Å²) in [5.74, 6) is 1.19. The molecule has 0 spiro atoms. The number of halogens is 1. The summed E-state index contributed by atoms with van der Waals surface area (Å²) in [5.41, 5.74) is -0.377. The van der Waals surface area contributed by atoms with Crippen molar-refractivity contribution >= 4 is 0 Å². The lowest BCUT2D eigenvalue weighted by atomic mass is 9.69. The molecule has 1 heterocycles. The monoisotopic (exact) mass is 251 g/mol. The lowest BCUT2D eigenvalue weighted by Crippen LogP contribution is -2.37. The highest BCUT2D eigenvalue weighted by molar-refractivity contribution is 5.14. The molecule has 0 amide bonds. The van der Waals surface area contributed by atoms with Crippen LogP contribution < -0.4 is 0 Å². The largest absolute Gasteiger partial charge is 0.384 e. The number of nitrogens with zero attached hydrogens (tertiary/aromatic N) is 1. The molecule has 4 atom stereocenters. The molecule has 2 rings (SSSR count). The zero-order chi connectivity index (χ0) is 13.3. The van der Waals surface area contributed by atoms with E-state index < -0.39 is 5.60 Å². The summed E-state index contributed by atoms with van der Waals surface area (Å²) in [5, 5.41) is 10.7. The van der Waals surface area contributed by atoms with Crippen LogP contribution in [-0.2, 0) is 5.60 Å². The SMILES string of the molecule is CC1CCC(C(C)(O)c2ccc(F)cn2)CC1C. The van der Waals surface area contributed by atoms with Crippen LogP contribution in [0.2, 0.25) is 0 Å². The molecule has 1 aromatic heterocycles. The second-order valence-corrected chi connectivity index (χ2v) is 5.97. The molecule has 4 unspecified atom stereocenters. The molecule has 1 aromatic rings. The number of hydrogen-bond acceptors (Lipinski definition) is 2. The first-order valence-corrected chi connectivity index (χ1v) is 6.75. The number of pyridine rings is 1. The van der Waals surface area contributed by atoms with Crippen LogP contribution in [0.4, 0.5) is 4.39 Å². The molecule has 1 aliphatic rings. The third kappa shape index (κ3) is 2.56. The molecular weight excluding hydrogens is 229 g/mol. The molecule has 0 bridgehead atoms. The summed E-state index contributed by atoms with van der Waals surface area (Å²) in [6.45, 7) is 6.32. The van der Waals surface area contributed by atoms with Crippen molar-refractivity contribution < 1.29 is 9.50 Å². The van der Waals surface area contributed by atoms with E-state index in [0.717, 1.165) is 25.2 Å². The van der Waals surface area contributed by atoms with Crippen molar-refractivity contribution in [2.45, 2.75) is 45.6 Å². The fraction of sp³-hybridized carbons (Fsp3) is 0.667. The summed E-state index contributed by atoms with van der Waals surface area (Å²) < 4.78 is 12.9. The van der Waals surface area contributed by atoms with Crippen molar-refractivity contribution in [1.82, 2.24) is 4.98 Å². The van der Waals surface area contributed by atoms with Crippen LogP contribution in [0.15, 0.2) is 18.3 Å². The maximum atomic E-state index is 12.9. The van der Waals surface area contributed by atoms with Crippen molar-refractivity contribution in [2.24, 2.45) is 17.8 Å². The quantitative estimate of drug-likeness (QED) is 0.872. The molecule has 1 N–H and O–H groups in total. The minimum Gasteiger partial charge on any atom is -0.384 e. The summed E-state index contributed by atoms with van der Waals surface area (Å²) >= 11 is 0. The van der Waals surface area contributed by atoms with E-state index >= 15 is 0 Å². The van der Waals surface area contributed by atoms with Crippen LogP contribution in [0.3, 0.4) is 0 Å². The maximum absolute atomic E-state index is 12.9. The summed E-state index contributed by atoms with van der Waals surface area (Å²) in [4.78, 5) is 4.04. The molecule has 0 saturated heterocycles. The summed E-state index contributed by atoms with van der Waals surface area (Å²) in [6, 6.07) is 2.96. The van der Waals surface area contributed by atoms with Gasteiger partial charge in [0.25, 0.3) is 0 Å². The third-order valence-corrected chi connectivity index (χ3v) is 4.64. The molecular formula is C15H22FNO. The van der Waals surface area contributed by atoms with Gasteiger partial charge in [-0.15, -0.1) is 0 Å². The van der Waals surface area contributed by atoms with Crippen LogP contribution in [0, 0.1) is 23.6 Å². The Labute approximate surface area is 108 Å². The van der Waals surface area contributed by atoms with E-state index in [-0.39, 0.29) is 11.7 Å². The van der Waals surface area contributed by atoms with E-state index in [1.165, 1.54) is 12.3 Å². The molecule has 0 radical (unpaired) electrons. The highest BCUT2D eigenvalue weighted by atomic mass is 19.1. The number of hydrogen-bond donors (Lipinski definition) is 1. The Morgan fingerprint density at radius 1 is 1.28 bits per heavy atom. The second-order valence-electron chi connectivity index (χ2n) is 5.97. The van der Waals surface area contributed by atoms with Gasteiger partial charge in [0.05, 0.1) is 11.9 Å². The van der Waals surface area contributed by atoms with Gasteiger partial charge in [-0.1, -0.05) is 20.3 Å². The number of aromatic nitrogens is 1. The van der Waals surface area contributed by atoms with E-state index in [9.17, 15) is 9.50 Å². The highest BCUT2D eigenvalue weighted by Gasteiger charge is 2.38. The zero-order valence-electron chi connectivity index (χ0n) is 11.4. The van der Waals surface area contributed by atoms with Gasteiger partial charge < -0.3 is 5.11 Å². The Morgan fingerprint density at radius 2 is 2.00 bits per heavy atom.